The number of benzene rings is 1. The molecule has 0 saturated carbocycles. The number of aromatic nitrogens is 2. The van der Waals surface area contributed by atoms with Crippen molar-refractivity contribution in [3.63, 3.8) is 0 Å². The van der Waals surface area contributed by atoms with Crippen molar-refractivity contribution in [3.05, 3.63) is 59.0 Å². The molecule has 0 atom stereocenters. The zero-order chi connectivity index (χ0) is 17.8. The van der Waals surface area contributed by atoms with Gasteiger partial charge in [-0.25, -0.2) is 0 Å². The molecule has 0 aliphatic carbocycles. The maximum atomic E-state index is 12.2. The van der Waals surface area contributed by atoms with Crippen molar-refractivity contribution in [2.24, 2.45) is 0 Å². The molecule has 0 bridgehead atoms. The molecule has 0 radical (unpaired) electrons. The third-order valence-electron chi connectivity index (χ3n) is 4.05. The number of anilines is 1. The molecule has 1 aromatic carbocycles. The first-order chi connectivity index (χ1) is 12.0. The van der Waals surface area contributed by atoms with Gasteiger partial charge in [-0.2, -0.15) is 5.10 Å². The highest BCUT2D eigenvalue weighted by Crippen LogP contribution is 2.23. The molecule has 6 heteroatoms. The number of H-pyrrole nitrogens is 1. The third kappa shape index (κ3) is 3.97. The van der Waals surface area contributed by atoms with E-state index in [1.165, 1.54) is 0 Å². The van der Waals surface area contributed by atoms with Crippen LogP contribution < -0.4 is 10.6 Å². The van der Waals surface area contributed by atoms with E-state index >= 15 is 0 Å². The van der Waals surface area contributed by atoms with E-state index in [0.717, 1.165) is 39.6 Å². The van der Waals surface area contributed by atoms with Gasteiger partial charge in [0.15, 0.2) is 5.76 Å². The average molecular weight is 338 g/mol. The lowest BCUT2D eigenvalue weighted by atomic mass is 10.1. The number of nitrogens with zero attached hydrogens (tertiary/aromatic N) is 1. The van der Waals surface area contributed by atoms with Gasteiger partial charge in [0.25, 0.3) is 0 Å². The van der Waals surface area contributed by atoms with Crippen LogP contribution in [0.1, 0.15) is 22.5 Å². The van der Waals surface area contributed by atoms with E-state index in [-0.39, 0.29) is 12.5 Å². The lowest BCUT2D eigenvalue weighted by Crippen LogP contribution is -2.28. The molecule has 0 aliphatic rings. The first-order valence-corrected chi connectivity index (χ1v) is 8.20. The summed E-state index contributed by atoms with van der Waals surface area (Å²) < 4.78 is 5.62. The van der Waals surface area contributed by atoms with Crippen molar-refractivity contribution < 1.29 is 9.21 Å². The number of hydrogen-bond donors (Lipinski definition) is 3. The molecule has 0 fully saturated rings. The molecule has 2 heterocycles. The normalized spacial score (nSPS) is 10.8. The van der Waals surface area contributed by atoms with Crippen molar-refractivity contribution >= 4 is 11.6 Å². The predicted octanol–water partition coefficient (Wildman–Crippen LogP) is 3.32. The van der Waals surface area contributed by atoms with Crippen LogP contribution >= 0.6 is 0 Å². The maximum Gasteiger partial charge on any atom is 0.238 e. The van der Waals surface area contributed by atoms with Gasteiger partial charge in [-0.15, -0.1) is 0 Å². The molecule has 2 aromatic heterocycles. The highest BCUT2D eigenvalue weighted by Gasteiger charge is 2.12. The van der Waals surface area contributed by atoms with Gasteiger partial charge in [-0.3, -0.25) is 9.89 Å². The standard InChI is InChI=1S/C19H22N4O2/c1-12-5-4-6-13(2)18(12)22-17(24)11-20-9-15-10-21-23-19(15)16-8-7-14(3)25-16/h4-8,10,20H,9,11H2,1-3H3,(H,21,23)(H,22,24). The molecule has 130 valence electrons. The lowest BCUT2D eigenvalue weighted by molar-refractivity contribution is -0.115. The van der Waals surface area contributed by atoms with E-state index in [1.807, 2.05) is 51.1 Å². The number of carbonyl (C=O) groups is 1. The summed E-state index contributed by atoms with van der Waals surface area (Å²) in [6.45, 7) is 6.61. The van der Waals surface area contributed by atoms with Crippen LogP contribution in [0.5, 0.6) is 0 Å². The Bertz CT molecular complexity index is 859. The monoisotopic (exact) mass is 338 g/mol. The van der Waals surface area contributed by atoms with E-state index < -0.39 is 0 Å². The van der Waals surface area contributed by atoms with Gasteiger partial charge in [0.2, 0.25) is 5.91 Å². The second kappa shape index (κ2) is 7.36. The van der Waals surface area contributed by atoms with Crippen LogP contribution in [-0.4, -0.2) is 22.6 Å². The summed E-state index contributed by atoms with van der Waals surface area (Å²) in [7, 11) is 0. The summed E-state index contributed by atoms with van der Waals surface area (Å²) in [6.07, 6.45) is 1.74. The molecule has 0 spiro atoms. The molecule has 0 saturated heterocycles. The second-order valence-corrected chi connectivity index (χ2v) is 6.10. The molecule has 0 aliphatic heterocycles. The van der Waals surface area contributed by atoms with Crippen LogP contribution in [0.15, 0.2) is 40.9 Å². The molecular formula is C19H22N4O2. The number of aryl methyl sites for hydroxylation is 3. The number of amides is 1. The van der Waals surface area contributed by atoms with E-state index in [9.17, 15) is 4.79 Å². The number of rotatable bonds is 6. The average Bonchev–Trinajstić information content (AvgIpc) is 3.20. The molecule has 3 rings (SSSR count). The van der Waals surface area contributed by atoms with Crippen LogP contribution in [-0.2, 0) is 11.3 Å². The second-order valence-electron chi connectivity index (χ2n) is 6.10. The van der Waals surface area contributed by atoms with Gasteiger partial charge in [0.05, 0.1) is 12.7 Å². The smallest absolute Gasteiger partial charge is 0.238 e. The number of nitrogens with one attached hydrogen (secondary N) is 3. The summed E-state index contributed by atoms with van der Waals surface area (Å²) in [5.74, 6) is 1.51. The first-order valence-electron chi connectivity index (χ1n) is 8.20. The Hall–Kier alpha value is -2.86. The first kappa shape index (κ1) is 17.0. The zero-order valence-electron chi connectivity index (χ0n) is 14.6. The van der Waals surface area contributed by atoms with E-state index in [0.29, 0.717) is 6.54 Å². The quantitative estimate of drug-likeness (QED) is 0.644. The van der Waals surface area contributed by atoms with Crippen LogP contribution in [0, 0.1) is 20.8 Å². The number of aromatic amines is 1. The molecule has 3 N–H and O–H groups in total. The predicted molar refractivity (Wildman–Crippen MR) is 97.3 cm³/mol. The summed E-state index contributed by atoms with van der Waals surface area (Å²) in [5, 5.41) is 13.1. The molecule has 6 nitrogen and oxygen atoms in total. The Kier molecular flexibility index (Phi) is 5.00. The zero-order valence-corrected chi connectivity index (χ0v) is 14.6. The molecule has 3 aromatic rings. The Morgan fingerprint density at radius 1 is 1.16 bits per heavy atom. The fourth-order valence-electron chi connectivity index (χ4n) is 2.73. The summed E-state index contributed by atoms with van der Waals surface area (Å²) in [4.78, 5) is 12.2. The van der Waals surface area contributed by atoms with Crippen LogP contribution in [0.3, 0.4) is 0 Å². The fourth-order valence-corrected chi connectivity index (χ4v) is 2.73. The van der Waals surface area contributed by atoms with Gasteiger partial charge in [-0.1, -0.05) is 18.2 Å². The Morgan fingerprint density at radius 2 is 1.92 bits per heavy atom. The summed E-state index contributed by atoms with van der Waals surface area (Å²) in [6, 6.07) is 9.76. The number of hydrogen-bond acceptors (Lipinski definition) is 4. The lowest BCUT2D eigenvalue weighted by Gasteiger charge is -2.11. The topological polar surface area (TPSA) is 83.0 Å². The largest absolute Gasteiger partial charge is 0.460 e. The van der Waals surface area contributed by atoms with E-state index in [2.05, 4.69) is 20.8 Å². The SMILES string of the molecule is Cc1ccc(-c2[nH]ncc2CNCC(=O)Nc2c(C)cccc2C)o1. The fraction of sp³-hybridized carbons (Fsp3) is 0.263. The third-order valence-corrected chi connectivity index (χ3v) is 4.05. The molecular weight excluding hydrogens is 316 g/mol. The summed E-state index contributed by atoms with van der Waals surface area (Å²) >= 11 is 0. The van der Waals surface area contributed by atoms with E-state index in [1.54, 1.807) is 6.20 Å². The van der Waals surface area contributed by atoms with Gasteiger partial charge in [-0.05, 0) is 44.0 Å². The van der Waals surface area contributed by atoms with Crippen LogP contribution in [0.2, 0.25) is 0 Å². The van der Waals surface area contributed by atoms with Gasteiger partial charge >= 0.3 is 0 Å². The van der Waals surface area contributed by atoms with Crippen LogP contribution in [0.4, 0.5) is 5.69 Å². The van der Waals surface area contributed by atoms with Gasteiger partial charge in [0.1, 0.15) is 11.5 Å². The van der Waals surface area contributed by atoms with Crippen LogP contribution in [0.25, 0.3) is 11.5 Å². The molecule has 1 amide bonds. The highest BCUT2D eigenvalue weighted by atomic mass is 16.3. The molecule has 0 unspecified atom stereocenters. The van der Waals surface area contributed by atoms with Crippen molar-refractivity contribution in [3.8, 4) is 11.5 Å². The highest BCUT2D eigenvalue weighted by molar-refractivity contribution is 5.93. The van der Waals surface area contributed by atoms with Gasteiger partial charge < -0.3 is 15.1 Å². The minimum Gasteiger partial charge on any atom is -0.460 e. The van der Waals surface area contributed by atoms with E-state index in [4.69, 9.17) is 4.42 Å². The Labute approximate surface area is 146 Å². The van der Waals surface area contributed by atoms with Gasteiger partial charge in [0, 0.05) is 17.8 Å². The maximum absolute atomic E-state index is 12.2. The Balaban J connectivity index is 1.57. The Morgan fingerprint density at radius 3 is 2.60 bits per heavy atom. The number of furan rings is 1. The van der Waals surface area contributed by atoms with Crippen molar-refractivity contribution in [1.82, 2.24) is 15.5 Å². The summed E-state index contributed by atoms with van der Waals surface area (Å²) in [5.41, 5.74) is 4.77. The van der Waals surface area contributed by atoms with Crippen molar-refractivity contribution in [1.29, 1.82) is 0 Å². The molecule has 25 heavy (non-hydrogen) atoms. The minimum absolute atomic E-state index is 0.0729. The minimum atomic E-state index is -0.0729. The number of para-hydroxylation sites is 1. The van der Waals surface area contributed by atoms with Crippen molar-refractivity contribution in [2.45, 2.75) is 27.3 Å². The number of carbonyl (C=O) groups excluding carboxylic acids is 1. The van der Waals surface area contributed by atoms with Crippen molar-refractivity contribution in [2.75, 3.05) is 11.9 Å².